The quantitative estimate of drug-likeness (QED) is 0.464. The molecule has 0 saturated carbocycles. The Hall–Kier alpha value is -4.40. The zero-order chi connectivity index (χ0) is 27.6. The van der Waals surface area contributed by atoms with Gasteiger partial charge in [-0.05, 0) is 60.0 Å². The van der Waals surface area contributed by atoms with Gasteiger partial charge in [0.05, 0.1) is 53.2 Å². The van der Waals surface area contributed by atoms with E-state index in [1.807, 2.05) is 25.1 Å². The predicted octanol–water partition coefficient (Wildman–Crippen LogP) is 4.59. The summed E-state index contributed by atoms with van der Waals surface area (Å²) in [5, 5.41) is 3.04. The molecule has 3 aromatic rings. The minimum absolute atomic E-state index is 0.252. The molecule has 0 spiro atoms. The average molecular weight is 521 g/mol. The van der Waals surface area contributed by atoms with Crippen molar-refractivity contribution in [2.45, 2.75) is 18.9 Å². The van der Waals surface area contributed by atoms with Gasteiger partial charge in [-0.2, -0.15) is 0 Å². The van der Waals surface area contributed by atoms with Crippen molar-refractivity contribution in [3.05, 3.63) is 70.8 Å². The van der Waals surface area contributed by atoms with E-state index in [1.165, 1.54) is 21.3 Å². The summed E-state index contributed by atoms with van der Waals surface area (Å²) in [5.41, 5.74) is 3.08. The number of amides is 2. The Labute approximate surface area is 222 Å². The first-order valence-corrected chi connectivity index (χ1v) is 12.0. The first-order valence-electron chi connectivity index (χ1n) is 12.0. The summed E-state index contributed by atoms with van der Waals surface area (Å²) in [6, 6.07) is 13.6. The highest BCUT2D eigenvalue weighted by molar-refractivity contribution is 6.05. The van der Waals surface area contributed by atoms with Gasteiger partial charge in [0.15, 0.2) is 23.0 Å². The van der Waals surface area contributed by atoms with Crippen molar-refractivity contribution in [1.82, 2.24) is 4.90 Å². The van der Waals surface area contributed by atoms with Crippen LogP contribution in [0.25, 0.3) is 0 Å². The van der Waals surface area contributed by atoms with E-state index in [1.54, 1.807) is 56.5 Å². The third-order valence-electron chi connectivity index (χ3n) is 6.82. The number of nitrogens with zero attached hydrogens (tertiary/aromatic N) is 1. The number of hydrogen-bond acceptors (Lipinski definition) is 7. The Balaban J connectivity index is 1.92. The van der Waals surface area contributed by atoms with E-state index >= 15 is 0 Å². The number of carbonyl (C=O) groups excluding carboxylic acids is 2. The second-order valence-corrected chi connectivity index (χ2v) is 8.94. The van der Waals surface area contributed by atoms with Gasteiger partial charge < -0.3 is 33.9 Å². The van der Waals surface area contributed by atoms with Gasteiger partial charge in [-0.25, -0.2) is 0 Å². The van der Waals surface area contributed by atoms with Crippen molar-refractivity contribution in [3.8, 4) is 28.7 Å². The number of carbonyl (C=O) groups is 2. The van der Waals surface area contributed by atoms with Crippen molar-refractivity contribution in [2.75, 3.05) is 47.9 Å². The molecule has 0 bridgehead atoms. The second kappa shape index (κ2) is 10.9. The number of hydrogen-bond donors (Lipinski definition) is 1. The fourth-order valence-electron chi connectivity index (χ4n) is 4.91. The molecule has 1 heterocycles. The highest BCUT2D eigenvalue weighted by Gasteiger charge is 2.44. The van der Waals surface area contributed by atoms with Crippen LogP contribution in [-0.2, 0) is 4.79 Å². The van der Waals surface area contributed by atoms with Gasteiger partial charge >= 0.3 is 0 Å². The van der Waals surface area contributed by atoms with E-state index in [9.17, 15) is 9.59 Å². The van der Waals surface area contributed by atoms with Gasteiger partial charge in [0.1, 0.15) is 5.75 Å². The number of likely N-dealkylation sites (N-methyl/N-ethyl adjacent to an activating group) is 1. The molecule has 3 aromatic carbocycles. The highest BCUT2D eigenvalue weighted by atomic mass is 16.5. The summed E-state index contributed by atoms with van der Waals surface area (Å²) in [6.07, 6.45) is 0. The van der Waals surface area contributed by atoms with E-state index in [0.29, 0.717) is 51.1 Å². The lowest BCUT2D eigenvalue weighted by molar-refractivity contribution is -0.119. The summed E-state index contributed by atoms with van der Waals surface area (Å²) < 4.78 is 27.4. The summed E-state index contributed by atoms with van der Waals surface area (Å²) >= 11 is 0. The maximum atomic E-state index is 14.1. The number of fused-ring (bicyclic) bond motifs is 1. The molecule has 0 fully saturated rings. The van der Waals surface area contributed by atoms with Crippen LogP contribution in [0.2, 0.25) is 0 Å². The molecule has 1 aliphatic rings. The summed E-state index contributed by atoms with van der Waals surface area (Å²) in [5.74, 6) is 0.995. The van der Waals surface area contributed by atoms with E-state index in [4.69, 9.17) is 23.7 Å². The molecular formula is C29H32N2O7. The molecule has 200 valence electrons. The molecule has 2 amide bonds. The topological polar surface area (TPSA) is 95.6 Å². The SMILES string of the molecule is COc1ccc(C)cc1NC(=O)[C@H]1c2cc(OC)c(OC)cc2C(=O)N(C)[C@H]1c1ccc(OC)c(OC)c1. The number of ether oxygens (including phenoxy) is 5. The van der Waals surface area contributed by atoms with Crippen LogP contribution >= 0.6 is 0 Å². The van der Waals surface area contributed by atoms with Gasteiger partial charge in [-0.3, -0.25) is 9.59 Å². The summed E-state index contributed by atoms with van der Waals surface area (Å²) in [7, 11) is 9.33. The maximum Gasteiger partial charge on any atom is 0.254 e. The predicted molar refractivity (Wildman–Crippen MR) is 143 cm³/mol. The Morgan fingerprint density at radius 3 is 1.97 bits per heavy atom. The fourth-order valence-corrected chi connectivity index (χ4v) is 4.91. The number of nitrogens with one attached hydrogen (secondary N) is 1. The van der Waals surface area contributed by atoms with Crippen LogP contribution in [-0.4, -0.2) is 59.3 Å². The Morgan fingerprint density at radius 1 is 0.763 bits per heavy atom. The molecule has 0 saturated heterocycles. The van der Waals surface area contributed by atoms with Crippen molar-refractivity contribution in [3.63, 3.8) is 0 Å². The smallest absolute Gasteiger partial charge is 0.254 e. The lowest BCUT2D eigenvalue weighted by Gasteiger charge is -2.40. The van der Waals surface area contributed by atoms with E-state index < -0.39 is 12.0 Å². The normalized spacial score (nSPS) is 16.4. The molecule has 0 radical (unpaired) electrons. The second-order valence-electron chi connectivity index (χ2n) is 8.94. The average Bonchev–Trinajstić information content (AvgIpc) is 2.93. The van der Waals surface area contributed by atoms with Gasteiger partial charge in [0.25, 0.3) is 5.91 Å². The molecule has 0 aromatic heterocycles. The molecule has 1 N–H and O–H groups in total. The lowest BCUT2D eigenvalue weighted by Crippen LogP contribution is -2.44. The van der Waals surface area contributed by atoms with Crippen LogP contribution in [0.4, 0.5) is 5.69 Å². The van der Waals surface area contributed by atoms with Crippen LogP contribution in [0.1, 0.15) is 39.0 Å². The van der Waals surface area contributed by atoms with E-state index in [-0.39, 0.29) is 11.8 Å². The molecule has 9 heteroatoms. The monoisotopic (exact) mass is 520 g/mol. The highest BCUT2D eigenvalue weighted by Crippen LogP contribution is 2.47. The maximum absolute atomic E-state index is 14.1. The Kier molecular flexibility index (Phi) is 7.66. The number of methoxy groups -OCH3 is 5. The number of benzene rings is 3. The van der Waals surface area contributed by atoms with Crippen molar-refractivity contribution < 1.29 is 33.3 Å². The van der Waals surface area contributed by atoms with Crippen molar-refractivity contribution in [1.29, 1.82) is 0 Å². The van der Waals surface area contributed by atoms with Crippen molar-refractivity contribution >= 4 is 17.5 Å². The number of aryl methyl sites for hydroxylation is 1. The number of rotatable bonds is 8. The van der Waals surface area contributed by atoms with Gasteiger partial charge in [-0.15, -0.1) is 0 Å². The van der Waals surface area contributed by atoms with Gasteiger partial charge in [-0.1, -0.05) is 12.1 Å². The van der Waals surface area contributed by atoms with E-state index in [2.05, 4.69) is 5.32 Å². The van der Waals surface area contributed by atoms with Crippen LogP contribution < -0.4 is 29.0 Å². The number of anilines is 1. The fraction of sp³-hybridized carbons (Fsp3) is 0.310. The molecule has 1 aliphatic heterocycles. The summed E-state index contributed by atoms with van der Waals surface area (Å²) in [6.45, 7) is 1.93. The third-order valence-corrected chi connectivity index (χ3v) is 6.82. The lowest BCUT2D eigenvalue weighted by atomic mass is 9.79. The van der Waals surface area contributed by atoms with Gasteiger partial charge in [0, 0.05) is 12.6 Å². The van der Waals surface area contributed by atoms with Gasteiger partial charge in [0.2, 0.25) is 5.91 Å². The third kappa shape index (κ3) is 4.67. The molecule has 0 unspecified atom stereocenters. The zero-order valence-corrected chi connectivity index (χ0v) is 22.6. The minimum atomic E-state index is -0.809. The minimum Gasteiger partial charge on any atom is -0.495 e. The van der Waals surface area contributed by atoms with Crippen LogP contribution in [0.15, 0.2) is 48.5 Å². The molecule has 38 heavy (non-hydrogen) atoms. The summed E-state index contributed by atoms with van der Waals surface area (Å²) in [4.78, 5) is 29.3. The first-order chi connectivity index (χ1) is 18.3. The van der Waals surface area contributed by atoms with Crippen LogP contribution in [0.3, 0.4) is 0 Å². The Bertz CT molecular complexity index is 1370. The first kappa shape index (κ1) is 26.7. The molecular weight excluding hydrogens is 488 g/mol. The van der Waals surface area contributed by atoms with Crippen molar-refractivity contribution in [2.24, 2.45) is 0 Å². The largest absolute Gasteiger partial charge is 0.495 e. The zero-order valence-electron chi connectivity index (χ0n) is 22.6. The molecule has 2 atom stereocenters. The van der Waals surface area contributed by atoms with E-state index in [0.717, 1.165) is 5.56 Å². The molecule has 0 aliphatic carbocycles. The molecule has 9 nitrogen and oxygen atoms in total. The standard InChI is InChI=1S/C29H32N2O7/c1-16-8-10-21(34-3)20(12-16)30-28(32)26-18-14-24(37-6)25(38-7)15-19(18)29(33)31(2)27(26)17-9-11-22(35-4)23(13-17)36-5/h8-15,26-27H,1-7H3,(H,30,32)/t26-,27-/m0/s1. The Morgan fingerprint density at radius 2 is 1.34 bits per heavy atom. The van der Waals surface area contributed by atoms with Crippen LogP contribution in [0, 0.1) is 6.92 Å². The molecule has 4 rings (SSSR count). The van der Waals surface area contributed by atoms with Crippen LogP contribution in [0.5, 0.6) is 28.7 Å².